The largest absolute Gasteiger partial charge is 0.372 e. The highest BCUT2D eigenvalue weighted by Gasteiger charge is 2.29. The average Bonchev–Trinajstić information content (AvgIpc) is 2.91. The number of morpholine rings is 1. The van der Waals surface area contributed by atoms with Crippen molar-refractivity contribution >= 4 is 22.6 Å². The van der Waals surface area contributed by atoms with E-state index in [2.05, 4.69) is 4.98 Å². The second-order valence-corrected chi connectivity index (χ2v) is 7.14. The Morgan fingerprint density at radius 3 is 2.62 bits per heavy atom. The van der Waals surface area contributed by atoms with Gasteiger partial charge in [0.05, 0.1) is 17.6 Å². The number of hydrogen-bond acceptors (Lipinski definition) is 4. The standard InChI is InChI=1S/C19H22N4O3/c1-11-5-6-16-20-17-14(18(24)23(16)8-11)7-15(21(17)4)19(25)22-9-12(2)26-13(3)10-22/h5-8,12-13H,9-10H2,1-4H3. The Labute approximate surface area is 150 Å². The van der Waals surface area contributed by atoms with Crippen LogP contribution in [0, 0.1) is 6.92 Å². The van der Waals surface area contributed by atoms with Gasteiger partial charge in [-0.3, -0.25) is 14.0 Å². The molecule has 3 aromatic rings. The first kappa shape index (κ1) is 16.8. The van der Waals surface area contributed by atoms with Gasteiger partial charge in [0.25, 0.3) is 11.5 Å². The molecule has 0 aliphatic carbocycles. The number of fused-ring (bicyclic) bond motifs is 2. The maximum atomic E-state index is 13.1. The SMILES string of the molecule is Cc1ccc2nc3c(cc(C(=O)N4CC(C)OC(C)C4)n3C)c(=O)n2c1. The molecule has 136 valence electrons. The molecule has 0 spiro atoms. The first-order chi connectivity index (χ1) is 12.3. The van der Waals surface area contributed by atoms with Gasteiger partial charge in [0.2, 0.25) is 0 Å². The van der Waals surface area contributed by atoms with Crippen LogP contribution in [0.25, 0.3) is 16.7 Å². The topological polar surface area (TPSA) is 68.8 Å². The van der Waals surface area contributed by atoms with Crippen LogP contribution in [0.2, 0.25) is 0 Å². The molecule has 1 aliphatic rings. The number of amides is 1. The number of carbonyl (C=O) groups excluding carboxylic acids is 1. The number of carbonyl (C=O) groups is 1. The molecule has 0 aromatic carbocycles. The molecule has 4 rings (SSSR count). The van der Waals surface area contributed by atoms with Gasteiger partial charge in [0.15, 0.2) is 0 Å². The van der Waals surface area contributed by atoms with Crippen LogP contribution < -0.4 is 5.56 Å². The normalized spacial score (nSPS) is 20.8. The van der Waals surface area contributed by atoms with E-state index in [9.17, 15) is 9.59 Å². The number of ether oxygens (including phenoxy) is 1. The third-order valence-electron chi connectivity index (χ3n) is 4.87. The molecule has 3 aromatic heterocycles. The summed E-state index contributed by atoms with van der Waals surface area (Å²) in [4.78, 5) is 32.3. The summed E-state index contributed by atoms with van der Waals surface area (Å²) < 4.78 is 8.95. The molecule has 7 nitrogen and oxygen atoms in total. The fourth-order valence-corrected chi connectivity index (χ4v) is 3.69. The summed E-state index contributed by atoms with van der Waals surface area (Å²) in [6.07, 6.45) is 1.75. The van der Waals surface area contributed by atoms with Gasteiger partial charge in [-0.2, -0.15) is 0 Å². The quantitative estimate of drug-likeness (QED) is 0.668. The molecule has 4 heterocycles. The zero-order chi connectivity index (χ0) is 18.6. The fraction of sp³-hybridized carbons (Fsp3) is 0.421. The average molecular weight is 354 g/mol. The van der Waals surface area contributed by atoms with Crippen molar-refractivity contribution in [1.29, 1.82) is 0 Å². The summed E-state index contributed by atoms with van der Waals surface area (Å²) in [7, 11) is 1.78. The number of rotatable bonds is 1. The Balaban J connectivity index is 1.85. The Hall–Kier alpha value is -2.67. The molecule has 0 saturated carbocycles. The Bertz CT molecular complexity index is 1070. The molecule has 7 heteroatoms. The molecule has 1 amide bonds. The third-order valence-corrected chi connectivity index (χ3v) is 4.87. The zero-order valence-corrected chi connectivity index (χ0v) is 15.4. The van der Waals surface area contributed by atoms with Crippen molar-refractivity contribution in [1.82, 2.24) is 18.9 Å². The molecule has 0 N–H and O–H groups in total. The van der Waals surface area contributed by atoms with Gasteiger partial charge in [-0.15, -0.1) is 0 Å². The molecule has 2 unspecified atom stereocenters. The van der Waals surface area contributed by atoms with Crippen molar-refractivity contribution in [3.05, 3.63) is 46.0 Å². The minimum absolute atomic E-state index is 0.00769. The van der Waals surface area contributed by atoms with Crippen LogP contribution in [0.1, 0.15) is 29.9 Å². The van der Waals surface area contributed by atoms with E-state index in [1.165, 1.54) is 4.40 Å². The molecule has 1 saturated heterocycles. The van der Waals surface area contributed by atoms with Gasteiger partial charge in [-0.25, -0.2) is 4.98 Å². The summed E-state index contributed by atoms with van der Waals surface area (Å²) in [5, 5.41) is 0.452. The van der Waals surface area contributed by atoms with Crippen LogP contribution in [0.15, 0.2) is 29.2 Å². The van der Waals surface area contributed by atoms with Gasteiger partial charge in [-0.05, 0) is 38.5 Å². The number of hydrogen-bond donors (Lipinski definition) is 0. The minimum Gasteiger partial charge on any atom is -0.372 e. The number of aryl methyl sites for hydroxylation is 2. The lowest BCUT2D eigenvalue weighted by Crippen LogP contribution is -2.48. The van der Waals surface area contributed by atoms with Crippen LogP contribution in [0.3, 0.4) is 0 Å². The van der Waals surface area contributed by atoms with E-state index in [1.54, 1.807) is 28.8 Å². The Morgan fingerprint density at radius 1 is 1.23 bits per heavy atom. The maximum absolute atomic E-state index is 13.1. The molecular weight excluding hydrogens is 332 g/mol. The van der Waals surface area contributed by atoms with E-state index in [1.807, 2.05) is 32.9 Å². The molecule has 0 radical (unpaired) electrons. The zero-order valence-electron chi connectivity index (χ0n) is 15.4. The van der Waals surface area contributed by atoms with Crippen LogP contribution in [0.5, 0.6) is 0 Å². The van der Waals surface area contributed by atoms with Crippen molar-refractivity contribution in [3.8, 4) is 0 Å². The fourth-order valence-electron chi connectivity index (χ4n) is 3.69. The van der Waals surface area contributed by atoms with Crippen molar-refractivity contribution in [3.63, 3.8) is 0 Å². The van der Waals surface area contributed by atoms with E-state index in [0.29, 0.717) is 35.5 Å². The lowest BCUT2D eigenvalue weighted by Gasteiger charge is -2.35. The van der Waals surface area contributed by atoms with Gasteiger partial charge in [-0.1, -0.05) is 6.07 Å². The van der Waals surface area contributed by atoms with E-state index in [4.69, 9.17) is 4.74 Å². The highest BCUT2D eigenvalue weighted by molar-refractivity contribution is 5.98. The van der Waals surface area contributed by atoms with Gasteiger partial charge < -0.3 is 14.2 Å². The Morgan fingerprint density at radius 2 is 1.92 bits per heavy atom. The number of pyridine rings is 1. The van der Waals surface area contributed by atoms with Crippen LogP contribution >= 0.6 is 0 Å². The molecule has 1 fully saturated rings. The van der Waals surface area contributed by atoms with Crippen molar-refractivity contribution in [2.24, 2.45) is 7.05 Å². The predicted octanol–water partition coefficient (Wildman–Crippen LogP) is 1.74. The highest BCUT2D eigenvalue weighted by Crippen LogP contribution is 2.19. The highest BCUT2D eigenvalue weighted by atomic mass is 16.5. The first-order valence-corrected chi connectivity index (χ1v) is 8.78. The van der Waals surface area contributed by atoms with Crippen molar-refractivity contribution in [2.75, 3.05) is 13.1 Å². The maximum Gasteiger partial charge on any atom is 0.270 e. The third kappa shape index (κ3) is 2.59. The summed E-state index contributed by atoms with van der Waals surface area (Å²) in [5.41, 5.74) is 2.38. The molecule has 1 aliphatic heterocycles. The van der Waals surface area contributed by atoms with Crippen molar-refractivity contribution < 1.29 is 9.53 Å². The summed E-state index contributed by atoms with van der Waals surface area (Å²) in [5.74, 6) is -0.0999. The van der Waals surface area contributed by atoms with Gasteiger partial charge in [0.1, 0.15) is 17.0 Å². The van der Waals surface area contributed by atoms with Gasteiger partial charge >= 0.3 is 0 Å². The lowest BCUT2D eigenvalue weighted by atomic mass is 10.2. The van der Waals surface area contributed by atoms with Crippen LogP contribution in [0.4, 0.5) is 0 Å². The van der Waals surface area contributed by atoms with Crippen LogP contribution in [-0.2, 0) is 11.8 Å². The second kappa shape index (κ2) is 5.95. The van der Waals surface area contributed by atoms with Crippen LogP contribution in [-0.4, -0.2) is 50.1 Å². The summed E-state index contributed by atoms with van der Waals surface area (Å²) >= 11 is 0. The predicted molar refractivity (Wildman–Crippen MR) is 98.6 cm³/mol. The van der Waals surface area contributed by atoms with E-state index in [-0.39, 0.29) is 23.7 Å². The van der Waals surface area contributed by atoms with E-state index >= 15 is 0 Å². The minimum atomic E-state index is -0.160. The first-order valence-electron chi connectivity index (χ1n) is 8.78. The monoisotopic (exact) mass is 354 g/mol. The summed E-state index contributed by atoms with van der Waals surface area (Å²) in [6.45, 7) is 6.92. The Kier molecular flexibility index (Phi) is 3.84. The molecule has 26 heavy (non-hydrogen) atoms. The van der Waals surface area contributed by atoms with Crippen molar-refractivity contribution in [2.45, 2.75) is 33.0 Å². The second-order valence-electron chi connectivity index (χ2n) is 7.14. The van der Waals surface area contributed by atoms with E-state index in [0.717, 1.165) is 5.56 Å². The summed E-state index contributed by atoms with van der Waals surface area (Å²) in [6, 6.07) is 5.39. The molecule has 0 bridgehead atoms. The number of aromatic nitrogens is 3. The van der Waals surface area contributed by atoms with E-state index < -0.39 is 0 Å². The van der Waals surface area contributed by atoms with Gasteiger partial charge in [0, 0.05) is 26.3 Å². The lowest BCUT2D eigenvalue weighted by molar-refractivity contribution is -0.0588. The smallest absolute Gasteiger partial charge is 0.270 e. The molecule has 2 atom stereocenters. The number of nitrogens with zero attached hydrogens (tertiary/aromatic N) is 4. The molecular formula is C19H22N4O3.